The Labute approximate surface area is 76.3 Å². The van der Waals surface area contributed by atoms with E-state index < -0.39 is 0 Å². The zero-order chi connectivity index (χ0) is 9.26. The van der Waals surface area contributed by atoms with Gasteiger partial charge in [-0.25, -0.2) is 0 Å². The van der Waals surface area contributed by atoms with Gasteiger partial charge in [0.15, 0.2) is 5.78 Å². The fourth-order valence-electron chi connectivity index (χ4n) is 1.30. The molecule has 1 saturated heterocycles. The number of carbonyl (C=O) groups is 1. The van der Waals surface area contributed by atoms with Gasteiger partial charge in [0.05, 0.1) is 7.11 Å². The van der Waals surface area contributed by atoms with E-state index in [1.165, 1.54) is 0 Å². The molecule has 0 amide bonds. The standard InChI is InChI=1S/C10H10O3/c1-12-8-4-2-7(3-5-8)10-9(11)6-13-10/h2-5,10H,6H2,1H3. The molecular weight excluding hydrogens is 168 g/mol. The summed E-state index contributed by atoms with van der Waals surface area (Å²) in [4.78, 5) is 11.0. The second-order valence-corrected chi connectivity index (χ2v) is 2.93. The zero-order valence-corrected chi connectivity index (χ0v) is 7.32. The molecule has 2 rings (SSSR count). The first kappa shape index (κ1) is 8.26. The van der Waals surface area contributed by atoms with Crippen LogP contribution in [0.5, 0.6) is 5.75 Å². The minimum absolute atomic E-state index is 0.144. The molecule has 1 heterocycles. The smallest absolute Gasteiger partial charge is 0.191 e. The van der Waals surface area contributed by atoms with E-state index in [1.807, 2.05) is 24.3 Å². The van der Waals surface area contributed by atoms with Gasteiger partial charge in [-0.1, -0.05) is 12.1 Å². The first-order valence-electron chi connectivity index (χ1n) is 4.09. The van der Waals surface area contributed by atoms with Crippen LogP contribution in [-0.4, -0.2) is 19.5 Å². The van der Waals surface area contributed by atoms with Crippen LogP contribution in [0.4, 0.5) is 0 Å². The third kappa shape index (κ3) is 1.42. The van der Waals surface area contributed by atoms with Gasteiger partial charge in [0.25, 0.3) is 0 Å². The van der Waals surface area contributed by atoms with Crippen LogP contribution in [0, 0.1) is 0 Å². The Morgan fingerprint density at radius 3 is 2.46 bits per heavy atom. The molecule has 0 spiro atoms. The molecule has 1 atom stereocenters. The van der Waals surface area contributed by atoms with Gasteiger partial charge in [0, 0.05) is 0 Å². The van der Waals surface area contributed by atoms with E-state index in [0.29, 0.717) is 0 Å². The fraction of sp³-hybridized carbons (Fsp3) is 0.300. The Kier molecular flexibility index (Phi) is 2.02. The van der Waals surface area contributed by atoms with Crippen molar-refractivity contribution in [3.8, 4) is 5.75 Å². The van der Waals surface area contributed by atoms with Crippen molar-refractivity contribution in [3.63, 3.8) is 0 Å². The highest BCUT2D eigenvalue weighted by molar-refractivity contribution is 5.89. The summed E-state index contributed by atoms with van der Waals surface area (Å²) >= 11 is 0. The van der Waals surface area contributed by atoms with Crippen molar-refractivity contribution < 1.29 is 14.3 Å². The maximum absolute atomic E-state index is 11.0. The first-order chi connectivity index (χ1) is 6.31. The molecule has 68 valence electrons. The lowest BCUT2D eigenvalue weighted by Crippen LogP contribution is -2.32. The van der Waals surface area contributed by atoms with Gasteiger partial charge < -0.3 is 9.47 Å². The summed E-state index contributed by atoms with van der Waals surface area (Å²) in [6.07, 6.45) is -0.342. The Hall–Kier alpha value is -1.35. The molecule has 0 bridgehead atoms. The van der Waals surface area contributed by atoms with Gasteiger partial charge in [-0.3, -0.25) is 4.79 Å². The second-order valence-electron chi connectivity index (χ2n) is 2.93. The Morgan fingerprint density at radius 2 is 2.08 bits per heavy atom. The van der Waals surface area contributed by atoms with E-state index in [1.54, 1.807) is 7.11 Å². The largest absolute Gasteiger partial charge is 0.497 e. The summed E-state index contributed by atoms with van der Waals surface area (Å²) in [6, 6.07) is 7.34. The molecule has 1 aliphatic rings. The summed E-state index contributed by atoms with van der Waals surface area (Å²) in [7, 11) is 1.61. The second kappa shape index (κ2) is 3.18. The minimum Gasteiger partial charge on any atom is -0.497 e. The number of hydrogen-bond donors (Lipinski definition) is 0. The molecule has 3 nitrogen and oxygen atoms in total. The highest BCUT2D eigenvalue weighted by Crippen LogP contribution is 2.27. The van der Waals surface area contributed by atoms with Crippen molar-refractivity contribution in [2.24, 2.45) is 0 Å². The van der Waals surface area contributed by atoms with Gasteiger partial charge in [-0.05, 0) is 17.7 Å². The van der Waals surface area contributed by atoms with E-state index in [4.69, 9.17) is 9.47 Å². The molecule has 3 heteroatoms. The maximum atomic E-state index is 11.0. The van der Waals surface area contributed by atoms with Crippen molar-refractivity contribution in [1.29, 1.82) is 0 Å². The lowest BCUT2D eigenvalue weighted by molar-refractivity contribution is -0.155. The number of hydrogen-bond acceptors (Lipinski definition) is 3. The van der Waals surface area contributed by atoms with Gasteiger partial charge in [-0.15, -0.1) is 0 Å². The molecule has 0 aromatic heterocycles. The average molecular weight is 178 g/mol. The monoisotopic (exact) mass is 178 g/mol. The number of ether oxygens (including phenoxy) is 2. The van der Waals surface area contributed by atoms with Gasteiger partial charge in [-0.2, -0.15) is 0 Å². The number of rotatable bonds is 2. The van der Waals surface area contributed by atoms with Crippen LogP contribution in [0.15, 0.2) is 24.3 Å². The molecule has 0 N–H and O–H groups in total. The predicted molar refractivity (Wildman–Crippen MR) is 46.7 cm³/mol. The van der Waals surface area contributed by atoms with Crippen LogP contribution in [-0.2, 0) is 9.53 Å². The minimum atomic E-state index is -0.342. The molecule has 1 aromatic rings. The fourth-order valence-corrected chi connectivity index (χ4v) is 1.30. The quantitative estimate of drug-likeness (QED) is 0.685. The summed E-state index contributed by atoms with van der Waals surface area (Å²) in [5.41, 5.74) is 0.900. The Bertz CT molecular complexity index is 315. The van der Waals surface area contributed by atoms with Gasteiger partial charge in [0.1, 0.15) is 18.5 Å². The van der Waals surface area contributed by atoms with Gasteiger partial charge in [0.2, 0.25) is 0 Å². The van der Waals surface area contributed by atoms with Crippen LogP contribution >= 0.6 is 0 Å². The van der Waals surface area contributed by atoms with Gasteiger partial charge >= 0.3 is 0 Å². The molecular formula is C10H10O3. The maximum Gasteiger partial charge on any atom is 0.191 e. The lowest BCUT2D eigenvalue weighted by atomic mass is 10.0. The van der Waals surface area contributed by atoms with E-state index in [0.717, 1.165) is 11.3 Å². The third-order valence-electron chi connectivity index (χ3n) is 2.10. The third-order valence-corrected chi connectivity index (χ3v) is 2.10. The Morgan fingerprint density at radius 1 is 1.38 bits per heavy atom. The molecule has 0 radical (unpaired) electrons. The molecule has 1 aromatic carbocycles. The highest BCUT2D eigenvalue weighted by atomic mass is 16.5. The van der Waals surface area contributed by atoms with Crippen molar-refractivity contribution in [2.45, 2.75) is 6.10 Å². The summed E-state index contributed by atoms with van der Waals surface area (Å²) in [5, 5.41) is 0. The molecule has 1 fully saturated rings. The van der Waals surface area contributed by atoms with Crippen molar-refractivity contribution in [3.05, 3.63) is 29.8 Å². The number of Topliss-reactive ketones (excluding diaryl/α,β-unsaturated/α-hetero) is 1. The lowest BCUT2D eigenvalue weighted by Gasteiger charge is -2.24. The SMILES string of the molecule is COc1ccc(C2OCC2=O)cc1. The molecule has 1 aliphatic heterocycles. The summed E-state index contributed by atoms with van der Waals surface area (Å²) < 4.78 is 10.1. The molecule has 0 aliphatic carbocycles. The number of benzene rings is 1. The average Bonchev–Trinajstić information content (AvgIpc) is 2.17. The number of methoxy groups -OCH3 is 1. The first-order valence-corrected chi connectivity index (χ1v) is 4.09. The van der Waals surface area contributed by atoms with E-state index >= 15 is 0 Å². The number of ketones is 1. The van der Waals surface area contributed by atoms with Crippen molar-refractivity contribution >= 4 is 5.78 Å². The zero-order valence-electron chi connectivity index (χ0n) is 7.32. The van der Waals surface area contributed by atoms with E-state index in [9.17, 15) is 4.79 Å². The van der Waals surface area contributed by atoms with E-state index in [-0.39, 0.29) is 18.5 Å². The summed E-state index contributed by atoms with van der Waals surface area (Å²) in [6.45, 7) is 0.247. The van der Waals surface area contributed by atoms with Crippen LogP contribution < -0.4 is 4.74 Å². The van der Waals surface area contributed by atoms with Crippen molar-refractivity contribution in [2.75, 3.05) is 13.7 Å². The molecule has 0 saturated carbocycles. The van der Waals surface area contributed by atoms with Crippen LogP contribution in [0.2, 0.25) is 0 Å². The van der Waals surface area contributed by atoms with Crippen LogP contribution in [0.25, 0.3) is 0 Å². The Balaban J connectivity index is 2.18. The highest BCUT2D eigenvalue weighted by Gasteiger charge is 2.30. The number of carbonyl (C=O) groups excluding carboxylic acids is 1. The van der Waals surface area contributed by atoms with Crippen LogP contribution in [0.1, 0.15) is 11.7 Å². The topological polar surface area (TPSA) is 35.5 Å². The summed E-state index contributed by atoms with van der Waals surface area (Å²) in [5.74, 6) is 0.931. The van der Waals surface area contributed by atoms with Crippen LogP contribution in [0.3, 0.4) is 0 Å². The van der Waals surface area contributed by atoms with E-state index in [2.05, 4.69) is 0 Å². The normalized spacial score (nSPS) is 21.0. The molecule has 1 unspecified atom stereocenters. The predicted octanol–water partition coefficient (Wildman–Crippen LogP) is 1.34. The molecule has 13 heavy (non-hydrogen) atoms. The van der Waals surface area contributed by atoms with Crippen molar-refractivity contribution in [1.82, 2.24) is 0 Å².